The van der Waals surface area contributed by atoms with Gasteiger partial charge in [-0.05, 0) is 23.5 Å². The first-order valence-corrected chi connectivity index (χ1v) is 3.61. The minimum absolute atomic E-state index is 0.0695. The van der Waals surface area contributed by atoms with Crippen LogP contribution in [0.4, 0.5) is 0 Å². The van der Waals surface area contributed by atoms with E-state index in [0.717, 1.165) is 12.1 Å². The van der Waals surface area contributed by atoms with Crippen LogP contribution in [-0.2, 0) is 6.37 Å². The third kappa shape index (κ3) is 2.00. The lowest BCUT2D eigenvalue weighted by Gasteiger charge is -2.03. The summed E-state index contributed by atoms with van der Waals surface area (Å²) in [5.41, 5.74) is -0.136. The zero-order chi connectivity index (χ0) is 13.4. The predicted molar refractivity (Wildman–Crippen MR) is 50.7 cm³/mol. The molecule has 64 valence electrons. The highest BCUT2D eigenvalue weighted by molar-refractivity contribution is 6.59. The van der Waals surface area contributed by atoms with Gasteiger partial charge in [-0.15, -0.1) is 0 Å². The molecule has 0 spiro atoms. The molecule has 0 bridgehead atoms. The second-order valence-electron chi connectivity index (χ2n) is 2.24. The molecule has 0 aliphatic rings. The van der Waals surface area contributed by atoms with Crippen molar-refractivity contribution < 1.29 is 16.9 Å². The molecular weight excluding hydrogens is 174 g/mol. The summed E-state index contributed by atoms with van der Waals surface area (Å²) in [6, 6.07) is 3.49. The lowest BCUT2D eigenvalue weighted by molar-refractivity contribution is 0.426. The first kappa shape index (κ1) is 4.65. The van der Waals surface area contributed by atoms with Crippen LogP contribution in [0.5, 0.6) is 0 Å². The molecule has 0 saturated heterocycles. The van der Waals surface area contributed by atoms with Crippen molar-refractivity contribution in [1.29, 1.82) is 0 Å². The third-order valence-electron chi connectivity index (χ3n) is 1.43. The summed E-state index contributed by atoms with van der Waals surface area (Å²) >= 11 is 5.75. The highest BCUT2D eigenvalue weighted by Gasteiger charge is 2.11. The van der Waals surface area contributed by atoms with Crippen molar-refractivity contribution in [3.8, 4) is 0 Å². The molecule has 0 atom stereocenters. The average molecular weight is 189 g/mol. The smallest absolute Gasteiger partial charge is 0.423 e. The van der Waals surface area contributed by atoms with Crippen LogP contribution >= 0.6 is 11.6 Å². The molecule has 1 rings (SSSR count). The number of halogens is 1. The normalized spacial score (nSPS) is 18.4. The minimum Gasteiger partial charge on any atom is -0.423 e. The minimum atomic E-state index is -2.85. The van der Waals surface area contributed by atoms with Crippen molar-refractivity contribution in [1.82, 2.24) is 0 Å². The van der Waals surface area contributed by atoms with Gasteiger partial charge in [0.05, 0.1) is 0 Å². The van der Waals surface area contributed by atoms with E-state index in [1.165, 1.54) is 6.07 Å². The Hall–Kier alpha value is -0.505. The Labute approximate surface area is 84.0 Å². The van der Waals surface area contributed by atoms with Gasteiger partial charge in [0.25, 0.3) is 0 Å². The predicted octanol–water partition coefficient (Wildman–Crippen LogP) is 0.582. The van der Waals surface area contributed by atoms with E-state index in [0.29, 0.717) is 0 Å². The lowest BCUT2D eigenvalue weighted by Crippen LogP contribution is -2.29. The van der Waals surface area contributed by atoms with E-state index >= 15 is 0 Å². The second kappa shape index (κ2) is 3.94. The van der Waals surface area contributed by atoms with Crippen LogP contribution in [0.25, 0.3) is 0 Å². The Morgan fingerprint density at radius 2 is 2.42 bits per heavy atom. The zero-order valence-corrected chi connectivity index (χ0v) is 6.84. The monoisotopic (exact) mass is 189 g/mol. The fraction of sp³-hybridized carbons (Fsp3) is 0.250. The Morgan fingerprint density at radius 1 is 1.67 bits per heavy atom. The fourth-order valence-electron chi connectivity index (χ4n) is 0.793. The average Bonchev–Trinajstić information content (AvgIpc) is 2.15. The molecule has 0 heterocycles. The first-order chi connectivity index (χ1) is 7.57. The maximum absolute atomic E-state index is 8.89. The summed E-state index contributed by atoms with van der Waals surface area (Å²) in [4.78, 5) is 0. The van der Waals surface area contributed by atoms with Gasteiger partial charge < -0.3 is 10.0 Å². The molecule has 12 heavy (non-hydrogen) atoms. The van der Waals surface area contributed by atoms with E-state index in [9.17, 15) is 0 Å². The van der Waals surface area contributed by atoms with Crippen molar-refractivity contribution in [3.05, 3.63) is 28.8 Å². The molecule has 0 radical (unpaired) electrons. The molecule has 0 unspecified atom stereocenters. The molecule has 1 aromatic carbocycles. The topological polar surface area (TPSA) is 40.5 Å². The van der Waals surface area contributed by atoms with Gasteiger partial charge in [-0.25, -0.2) is 0 Å². The Bertz CT molecular complexity index is 421. The van der Waals surface area contributed by atoms with Crippen LogP contribution in [-0.4, -0.2) is 17.2 Å². The number of hydrogen-bond acceptors (Lipinski definition) is 2. The molecule has 2 N–H and O–H groups in total. The summed E-state index contributed by atoms with van der Waals surface area (Å²) in [6.45, 7) is -2.85. The van der Waals surface area contributed by atoms with Crippen molar-refractivity contribution >= 4 is 24.2 Å². The first-order valence-electron chi connectivity index (χ1n) is 5.73. The summed E-state index contributed by atoms with van der Waals surface area (Å²) in [6.07, 6.45) is -2.59. The number of rotatable bonds is 2. The van der Waals surface area contributed by atoms with Crippen LogP contribution in [0.15, 0.2) is 18.2 Å². The summed E-state index contributed by atoms with van der Waals surface area (Å²) in [5.74, 6) is 0. The van der Waals surface area contributed by atoms with Crippen molar-refractivity contribution in [2.75, 3.05) is 0 Å². The number of benzene rings is 1. The van der Waals surface area contributed by atoms with E-state index < -0.39 is 20.3 Å². The third-order valence-corrected chi connectivity index (χ3v) is 1.74. The van der Waals surface area contributed by atoms with E-state index in [-0.39, 0.29) is 16.0 Å². The van der Waals surface area contributed by atoms with Gasteiger partial charge >= 0.3 is 7.12 Å². The largest absolute Gasteiger partial charge is 0.488 e. The highest BCUT2D eigenvalue weighted by Crippen LogP contribution is 2.13. The van der Waals surface area contributed by atoms with Crippen LogP contribution in [0.2, 0.25) is 5.02 Å². The van der Waals surface area contributed by atoms with E-state index in [4.69, 9.17) is 28.5 Å². The molecule has 0 amide bonds. The molecule has 0 fully saturated rings. The molecule has 0 saturated carbocycles. The quantitative estimate of drug-likeness (QED) is 0.668. The Kier molecular flexibility index (Phi) is 1.53. The van der Waals surface area contributed by atoms with Crippen LogP contribution < -0.4 is 5.46 Å². The summed E-state index contributed by atoms with van der Waals surface area (Å²) < 4.78 is 36.4. The maximum atomic E-state index is 8.89. The fourth-order valence-corrected chi connectivity index (χ4v) is 1.03. The van der Waals surface area contributed by atoms with Crippen LogP contribution in [0.1, 0.15) is 19.3 Å². The van der Waals surface area contributed by atoms with E-state index in [1.54, 1.807) is 0 Å². The molecular formula is C8H10BClO2. The van der Waals surface area contributed by atoms with Gasteiger partial charge in [-0.1, -0.05) is 30.6 Å². The Morgan fingerprint density at radius 3 is 2.92 bits per heavy atom. The van der Waals surface area contributed by atoms with Gasteiger partial charge in [0, 0.05) is 11.9 Å². The van der Waals surface area contributed by atoms with E-state index in [2.05, 4.69) is 0 Å². The number of hydrogen-bond donors (Lipinski definition) is 2. The molecule has 2 nitrogen and oxygen atoms in total. The molecule has 0 aromatic heterocycles. The molecule has 1 aromatic rings. The summed E-state index contributed by atoms with van der Waals surface area (Å²) in [7, 11) is -1.74. The molecule has 0 aliphatic carbocycles. The number of aryl methyl sites for hydroxylation is 1. The van der Waals surface area contributed by atoms with Crippen LogP contribution in [0, 0.1) is 0 Å². The van der Waals surface area contributed by atoms with Gasteiger partial charge in [0.1, 0.15) is 0 Å². The van der Waals surface area contributed by atoms with Crippen molar-refractivity contribution in [2.24, 2.45) is 0 Å². The van der Waals surface area contributed by atoms with E-state index in [1.807, 2.05) is 0 Å². The Balaban J connectivity index is 3.26. The second-order valence-corrected chi connectivity index (χ2v) is 2.65. The molecule has 0 aliphatic heterocycles. The van der Waals surface area contributed by atoms with Crippen LogP contribution in [0.3, 0.4) is 0 Å². The lowest BCUT2D eigenvalue weighted by atomic mass is 9.80. The standard InChI is InChI=1S/C8H10BClO2/c1-2-6-3-4-7(9(11)12)5-8(6)10/h3-5,11-12H,2H2,1H3/i1D3,2D2. The maximum Gasteiger partial charge on any atom is 0.488 e. The van der Waals surface area contributed by atoms with Crippen molar-refractivity contribution in [2.45, 2.75) is 13.2 Å². The molecule has 4 heteroatoms. The van der Waals surface area contributed by atoms with Gasteiger partial charge in [0.15, 0.2) is 0 Å². The van der Waals surface area contributed by atoms with Gasteiger partial charge in [-0.2, -0.15) is 0 Å². The van der Waals surface area contributed by atoms with Gasteiger partial charge in [-0.3, -0.25) is 0 Å². The van der Waals surface area contributed by atoms with Crippen molar-refractivity contribution in [3.63, 3.8) is 0 Å². The SMILES string of the molecule is [2H]C([2H])([2H])C([2H])([2H])c1ccc(B(O)O)cc1Cl. The highest BCUT2D eigenvalue weighted by atomic mass is 35.5. The zero-order valence-electron chi connectivity index (χ0n) is 11.1. The summed E-state index contributed by atoms with van der Waals surface area (Å²) in [5, 5.41) is 17.6. The van der Waals surface area contributed by atoms with Gasteiger partial charge in [0.2, 0.25) is 0 Å².